The summed E-state index contributed by atoms with van der Waals surface area (Å²) >= 11 is 0. The summed E-state index contributed by atoms with van der Waals surface area (Å²) in [4.78, 5) is 44.4. The molecule has 0 spiro atoms. The largest absolute Gasteiger partial charge is 0.461 e. The molecule has 0 aliphatic carbocycles. The van der Waals surface area contributed by atoms with Gasteiger partial charge in [-0.3, -0.25) is 19.7 Å². The molecule has 5 rings (SSSR count). The quantitative estimate of drug-likeness (QED) is 0.0908. The number of nitriles is 1. The summed E-state index contributed by atoms with van der Waals surface area (Å²) in [6.45, 7) is 2.14. The van der Waals surface area contributed by atoms with Crippen LogP contribution in [-0.4, -0.2) is 56.1 Å². The van der Waals surface area contributed by atoms with Crippen molar-refractivity contribution in [1.82, 2.24) is 20.3 Å². The minimum atomic E-state index is -4.10. The highest BCUT2D eigenvalue weighted by Gasteiger charge is 2.28. The SMILES string of the molecule is Cc1cc2cc(NC(=NC3CCCCN(CC(=O)NCc4ccc(S(=O)(=O)NC(=O)c5ccccc5)cc4)C3=O)NC#N)ccc2o1. The van der Waals surface area contributed by atoms with Crippen molar-refractivity contribution in [2.75, 3.05) is 18.4 Å². The molecular formula is C33H33N7O6S. The van der Waals surface area contributed by atoms with Gasteiger partial charge in [-0.1, -0.05) is 30.3 Å². The van der Waals surface area contributed by atoms with Crippen LogP contribution < -0.4 is 20.7 Å². The number of furan rings is 1. The van der Waals surface area contributed by atoms with E-state index in [1.807, 2.05) is 30.0 Å². The third-order valence-corrected chi connectivity index (χ3v) is 8.78. The van der Waals surface area contributed by atoms with E-state index in [1.165, 1.54) is 41.3 Å². The number of guanidine groups is 1. The number of anilines is 1. The van der Waals surface area contributed by atoms with Crippen LogP contribution in [0.25, 0.3) is 11.0 Å². The van der Waals surface area contributed by atoms with Crippen molar-refractivity contribution in [3.05, 3.63) is 95.7 Å². The fourth-order valence-electron chi connectivity index (χ4n) is 5.10. The van der Waals surface area contributed by atoms with E-state index in [1.54, 1.807) is 30.3 Å². The molecule has 1 unspecified atom stereocenters. The van der Waals surface area contributed by atoms with Crippen molar-refractivity contribution >= 4 is 50.4 Å². The Morgan fingerprint density at radius 3 is 2.55 bits per heavy atom. The Labute approximate surface area is 271 Å². The van der Waals surface area contributed by atoms with Gasteiger partial charge in [0.1, 0.15) is 17.4 Å². The van der Waals surface area contributed by atoms with E-state index in [0.29, 0.717) is 37.1 Å². The Balaban J connectivity index is 1.17. The first-order valence-corrected chi connectivity index (χ1v) is 16.4. The first-order valence-electron chi connectivity index (χ1n) is 14.9. The lowest BCUT2D eigenvalue weighted by atomic mass is 10.1. The minimum absolute atomic E-state index is 0.0971. The summed E-state index contributed by atoms with van der Waals surface area (Å²) in [6, 6.07) is 20.3. The molecule has 47 heavy (non-hydrogen) atoms. The maximum atomic E-state index is 13.4. The Kier molecular flexibility index (Phi) is 10.2. The van der Waals surface area contributed by atoms with Crippen molar-refractivity contribution in [3.8, 4) is 6.19 Å². The van der Waals surface area contributed by atoms with Crippen LogP contribution in [0.3, 0.4) is 0 Å². The number of sulfonamides is 1. The van der Waals surface area contributed by atoms with Crippen LogP contribution in [0.2, 0.25) is 0 Å². The fraction of sp³-hybridized carbons (Fsp3) is 0.242. The predicted octanol–water partition coefficient (Wildman–Crippen LogP) is 3.40. The number of nitrogens with zero attached hydrogens (tertiary/aromatic N) is 3. The van der Waals surface area contributed by atoms with Gasteiger partial charge in [0.2, 0.25) is 17.8 Å². The number of likely N-dealkylation sites (tertiary alicyclic amines) is 1. The van der Waals surface area contributed by atoms with Gasteiger partial charge in [-0.25, -0.2) is 18.1 Å². The molecule has 3 aromatic carbocycles. The Morgan fingerprint density at radius 1 is 1.04 bits per heavy atom. The topological polar surface area (TPSA) is 186 Å². The van der Waals surface area contributed by atoms with E-state index < -0.39 is 27.9 Å². The van der Waals surface area contributed by atoms with E-state index in [4.69, 9.17) is 4.42 Å². The molecule has 1 saturated heterocycles. The zero-order valence-corrected chi connectivity index (χ0v) is 26.3. The first kappa shape index (κ1) is 32.7. The Bertz CT molecular complexity index is 1950. The van der Waals surface area contributed by atoms with E-state index in [0.717, 1.165) is 16.7 Å². The number of carbonyl (C=O) groups is 3. The number of aliphatic imine (C=N–C) groups is 1. The van der Waals surface area contributed by atoms with Gasteiger partial charge in [0.15, 0.2) is 6.19 Å². The molecule has 4 aromatic rings. The maximum Gasteiger partial charge on any atom is 0.264 e. The summed E-state index contributed by atoms with van der Waals surface area (Å²) in [5.41, 5.74) is 2.21. The number of amides is 3. The van der Waals surface area contributed by atoms with Crippen molar-refractivity contribution in [2.24, 2.45) is 4.99 Å². The number of benzene rings is 3. The van der Waals surface area contributed by atoms with E-state index in [-0.39, 0.29) is 35.4 Å². The molecule has 0 bridgehead atoms. The van der Waals surface area contributed by atoms with Gasteiger partial charge in [0.25, 0.3) is 15.9 Å². The highest BCUT2D eigenvalue weighted by atomic mass is 32.2. The average molecular weight is 656 g/mol. The minimum Gasteiger partial charge on any atom is -0.461 e. The molecule has 0 saturated carbocycles. The molecule has 1 fully saturated rings. The van der Waals surface area contributed by atoms with Crippen molar-refractivity contribution < 1.29 is 27.2 Å². The molecule has 14 heteroatoms. The predicted molar refractivity (Wildman–Crippen MR) is 174 cm³/mol. The van der Waals surface area contributed by atoms with Crippen molar-refractivity contribution in [2.45, 2.75) is 43.7 Å². The van der Waals surface area contributed by atoms with Crippen LogP contribution in [-0.2, 0) is 26.2 Å². The van der Waals surface area contributed by atoms with Crippen LogP contribution in [0.15, 0.2) is 93.2 Å². The second-order valence-electron chi connectivity index (χ2n) is 10.9. The summed E-state index contributed by atoms with van der Waals surface area (Å²) in [5, 5.41) is 18.5. The standard InChI is InChI=1S/C33H33N7O6S/c1-22-17-25-18-26(12-15-29(25)46-22)37-33(36-21-34)38-28-9-5-6-16-40(32(28)43)20-30(41)35-19-23-10-13-27(14-11-23)47(44,45)39-31(42)24-7-3-2-4-8-24/h2-4,7-8,10-15,17-18,28H,5-6,9,16,19-20H2,1H3,(H,35,41)(H,39,42)(H2,36,37,38). The molecule has 0 radical (unpaired) electrons. The van der Waals surface area contributed by atoms with Crippen molar-refractivity contribution in [1.29, 1.82) is 5.26 Å². The number of rotatable bonds is 9. The van der Waals surface area contributed by atoms with Gasteiger partial charge in [-0.15, -0.1) is 0 Å². The third kappa shape index (κ3) is 8.53. The highest BCUT2D eigenvalue weighted by Crippen LogP contribution is 2.23. The lowest BCUT2D eigenvalue weighted by Gasteiger charge is -2.22. The average Bonchev–Trinajstić information content (AvgIpc) is 3.35. The van der Waals surface area contributed by atoms with Crippen LogP contribution in [0.1, 0.15) is 40.9 Å². The van der Waals surface area contributed by atoms with Gasteiger partial charge in [-0.05, 0) is 80.3 Å². The fourth-order valence-corrected chi connectivity index (χ4v) is 6.08. The number of nitrogens with one attached hydrogen (secondary N) is 4. The molecule has 1 atom stereocenters. The molecule has 4 N–H and O–H groups in total. The monoisotopic (exact) mass is 655 g/mol. The number of fused-ring (bicyclic) bond motifs is 1. The highest BCUT2D eigenvalue weighted by molar-refractivity contribution is 7.90. The summed E-state index contributed by atoms with van der Waals surface area (Å²) in [5.74, 6) is -0.586. The van der Waals surface area contributed by atoms with Gasteiger partial charge in [-0.2, -0.15) is 5.26 Å². The van der Waals surface area contributed by atoms with Crippen LogP contribution in [0, 0.1) is 18.4 Å². The zero-order chi connectivity index (χ0) is 33.4. The Hall–Kier alpha value is -5.68. The van der Waals surface area contributed by atoms with Gasteiger partial charge in [0.05, 0.1) is 11.4 Å². The molecule has 1 aliphatic rings. The number of hydrogen-bond donors (Lipinski definition) is 4. The van der Waals surface area contributed by atoms with Gasteiger partial charge < -0.3 is 20.0 Å². The van der Waals surface area contributed by atoms with E-state index in [9.17, 15) is 28.1 Å². The normalized spacial score (nSPS) is 15.4. The Morgan fingerprint density at radius 2 is 1.81 bits per heavy atom. The number of aryl methyl sites for hydroxylation is 1. The van der Waals surface area contributed by atoms with Gasteiger partial charge in [0, 0.05) is 29.7 Å². The molecular weight excluding hydrogens is 622 g/mol. The summed E-state index contributed by atoms with van der Waals surface area (Å²) in [7, 11) is -4.10. The second kappa shape index (κ2) is 14.6. The smallest absolute Gasteiger partial charge is 0.264 e. The van der Waals surface area contributed by atoms with Crippen molar-refractivity contribution in [3.63, 3.8) is 0 Å². The summed E-state index contributed by atoms with van der Waals surface area (Å²) in [6.07, 6.45) is 3.70. The maximum absolute atomic E-state index is 13.4. The molecule has 242 valence electrons. The molecule has 13 nitrogen and oxygen atoms in total. The molecule has 1 aromatic heterocycles. The van der Waals surface area contributed by atoms with Crippen LogP contribution in [0.5, 0.6) is 0 Å². The molecule has 1 aliphatic heterocycles. The van der Waals surface area contributed by atoms with Gasteiger partial charge >= 0.3 is 0 Å². The number of carbonyl (C=O) groups excluding carboxylic acids is 3. The van der Waals surface area contributed by atoms with E-state index in [2.05, 4.69) is 20.9 Å². The number of hydrogen-bond acceptors (Lipinski definition) is 8. The lowest BCUT2D eigenvalue weighted by Crippen LogP contribution is -2.44. The zero-order valence-electron chi connectivity index (χ0n) is 25.5. The first-order chi connectivity index (χ1) is 22.6. The van der Waals surface area contributed by atoms with E-state index >= 15 is 0 Å². The molecule has 3 amide bonds. The van der Waals surface area contributed by atoms with Crippen LogP contribution in [0.4, 0.5) is 5.69 Å². The second-order valence-corrected chi connectivity index (χ2v) is 12.6. The molecule has 2 heterocycles. The summed E-state index contributed by atoms with van der Waals surface area (Å²) < 4.78 is 33.0. The third-order valence-electron chi connectivity index (χ3n) is 7.43. The van der Waals surface area contributed by atoms with Crippen LogP contribution >= 0.6 is 0 Å². The lowest BCUT2D eigenvalue weighted by molar-refractivity contribution is -0.136.